The van der Waals surface area contributed by atoms with Crippen LogP contribution >= 0.6 is 0 Å². The van der Waals surface area contributed by atoms with Crippen molar-refractivity contribution >= 4 is 20.8 Å². The lowest BCUT2D eigenvalue weighted by molar-refractivity contribution is 0.0314. The van der Waals surface area contributed by atoms with Gasteiger partial charge in [-0.3, -0.25) is 0 Å². The maximum Gasteiger partial charge on any atom is 0.244 e. The number of nitrogens with zero attached hydrogens (tertiary/aromatic N) is 1. The van der Waals surface area contributed by atoms with E-state index in [1.165, 1.54) is 0 Å². The zero-order valence-electron chi connectivity index (χ0n) is 12.0. The maximum atomic E-state index is 13.0. The topological polar surface area (TPSA) is 46.6 Å². The van der Waals surface area contributed by atoms with Crippen LogP contribution in [-0.4, -0.2) is 38.5 Å². The summed E-state index contributed by atoms with van der Waals surface area (Å²) in [6, 6.07) is 12.9. The Bertz CT molecular complexity index is 737. The Labute approximate surface area is 125 Å². The molecule has 3 rings (SSSR count). The maximum absolute atomic E-state index is 13.0. The second kappa shape index (κ2) is 5.75. The van der Waals surface area contributed by atoms with Gasteiger partial charge in [0.05, 0.1) is 18.1 Å². The Morgan fingerprint density at radius 3 is 2.76 bits per heavy atom. The summed E-state index contributed by atoms with van der Waals surface area (Å²) in [4.78, 5) is 0.390. The van der Waals surface area contributed by atoms with Crippen molar-refractivity contribution in [2.45, 2.75) is 24.3 Å². The first kappa shape index (κ1) is 14.5. The van der Waals surface area contributed by atoms with Gasteiger partial charge in [-0.25, -0.2) is 8.42 Å². The van der Waals surface area contributed by atoms with Gasteiger partial charge in [-0.2, -0.15) is 4.31 Å². The van der Waals surface area contributed by atoms with E-state index in [1.807, 2.05) is 37.3 Å². The van der Waals surface area contributed by atoms with Crippen molar-refractivity contribution in [1.82, 2.24) is 4.31 Å². The van der Waals surface area contributed by atoms with Crippen LogP contribution in [0.25, 0.3) is 10.8 Å². The minimum absolute atomic E-state index is 0.0808. The monoisotopic (exact) mass is 305 g/mol. The average molecular weight is 305 g/mol. The number of hydrogen-bond acceptors (Lipinski definition) is 3. The highest BCUT2D eigenvalue weighted by atomic mass is 32.2. The van der Waals surface area contributed by atoms with Gasteiger partial charge in [0.25, 0.3) is 0 Å². The third kappa shape index (κ3) is 2.57. The SMILES string of the molecule is CCC1COCCN1S(=O)(=O)c1cccc2ccccc12. The molecule has 112 valence electrons. The first-order valence-corrected chi connectivity index (χ1v) is 8.66. The molecule has 0 saturated carbocycles. The van der Waals surface area contributed by atoms with Crippen molar-refractivity contribution in [1.29, 1.82) is 0 Å². The van der Waals surface area contributed by atoms with E-state index in [2.05, 4.69) is 0 Å². The molecule has 1 aliphatic rings. The molecule has 1 unspecified atom stereocenters. The van der Waals surface area contributed by atoms with Gasteiger partial charge in [0.15, 0.2) is 0 Å². The van der Waals surface area contributed by atoms with Gasteiger partial charge in [-0.1, -0.05) is 43.3 Å². The van der Waals surface area contributed by atoms with E-state index < -0.39 is 10.0 Å². The summed E-state index contributed by atoms with van der Waals surface area (Å²) in [7, 11) is -3.50. The van der Waals surface area contributed by atoms with E-state index in [1.54, 1.807) is 16.4 Å². The van der Waals surface area contributed by atoms with Gasteiger partial charge >= 0.3 is 0 Å². The molecule has 0 N–H and O–H groups in total. The molecule has 0 aromatic heterocycles. The molecule has 1 atom stereocenters. The summed E-state index contributed by atoms with van der Waals surface area (Å²) >= 11 is 0. The van der Waals surface area contributed by atoms with Crippen LogP contribution < -0.4 is 0 Å². The normalized spacial score (nSPS) is 20.7. The van der Waals surface area contributed by atoms with Gasteiger partial charge in [0, 0.05) is 18.0 Å². The minimum Gasteiger partial charge on any atom is -0.378 e. The largest absolute Gasteiger partial charge is 0.378 e. The summed E-state index contributed by atoms with van der Waals surface area (Å²) in [5.41, 5.74) is 0. The summed E-state index contributed by atoms with van der Waals surface area (Å²) in [6.45, 7) is 3.34. The Hall–Kier alpha value is -1.43. The standard InChI is InChI=1S/C16H19NO3S/c1-2-14-12-20-11-10-17(14)21(18,19)16-9-5-7-13-6-3-4-8-15(13)16/h3-9,14H,2,10-12H2,1H3. The minimum atomic E-state index is -3.50. The van der Waals surface area contributed by atoms with Crippen molar-refractivity contribution in [2.24, 2.45) is 0 Å². The number of benzene rings is 2. The molecule has 1 aliphatic heterocycles. The highest BCUT2D eigenvalue weighted by Crippen LogP contribution is 2.28. The Morgan fingerprint density at radius 2 is 1.95 bits per heavy atom. The number of sulfonamides is 1. The van der Waals surface area contributed by atoms with Crippen LogP contribution in [-0.2, 0) is 14.8 Å². The van der Waals surface area contributed by atoms with Crippen LogP contribution in [0, 0.1) is 0 Å². The number of ether oxygens (including phenoxy) is 1. The van der Waals surface area contributed by atoms with Crippen molar-refractivity contribution < 1.29 is 13.2 Å². The Morgan fingerprint density at radius 1 is 1.19 bits per heavy atom. The average Bonchev–Trinajstić information content (AvgIpc) is 2.54. The molecule has 0 amide bonds. The highest BCUT2D eigenvalue weighted by molar-refractivity contribution is 7.89. The van der Waals surface area contributed by atoms with Crippen LogP contribution in [0.2, 0.25) is 0 Å². The third-order valence-corrected chi connectivity index (χ3v) is 5.99. The molecule has 0 radical (unpaired) electrons. The van der Waals surface area contributed by atoms with Crippen molar-refractivity contribution in [2.75, 3.05) is 19.8 Å². The van der Waals surface area contributed by atoms with E-state index in [9.17, 15) is 8.42 Å². The molecule has 4 nitrogen and oxygen atoms in total. The highest BCUT2D eigenvalue weighted by Gasteiger charge is 2.33. The molecule has 1 fully saturated rings. The van der Waals surface area contributed by atoms with Gasteiger partial charge in [0.1, 0.15) is 0 Å². The third-order valence-electron chi connectivity index (χ3n) is 3.98. The smallest absolute Gasteiger partial charge is 0.244 e. The quantitative estimate of drug-likeness (QED) is 0.876. The first-order valence-electron chi connectivity index (χ1n) is 7.22. The lowest BCUT2D eigenvalue weighted by Crippen LogP contribution is -2.48. The van der Waals surface area contributed by atoms with Gasteiger partial charge in [-0.05, 0) is 17.9 Å². The molecule has 1 saturated heterocycles. The van der Waals surface area contributed by atoms with Crippen LogP contribution in [0.4, 0.5) is 0 Å². The molecular formula is C16H19NO3S. The summed E-state index contributed by atoms with van der Waals surface area (Å²) in [5.74, 6) is 0. The first-order chi connectivity index (χ1) is 10.1. The van der Waals surface area contributed by atoms with Crippen LogP contribution in [0.3, 0.4) is 0 Å². The lowest BCUT2D eigenvalue weighted by atomic mass is 10.1. The zero-order valence-corrected chi connectivity index (χ0v) is 12.8. The lowest BCUT2D eigenvalue weighted by Gasteiger charge is -2.34. The molecule has 1 heterocycles. The number of rotatable bonds is 3. The molecular weight excluding hydrogens is 286 g/mol. The Balaban J connectivity index is 2.12. The van der Waals surface area contributed by atoms with E-state index in [0.717, 1.165) is 17.2 Å². The molecule has 5 heteroatoms. The predicted molar refractivity (Wildman–Crippen MR) is 82.7 cm³/mol. The van der Waals surface area contributed by atoms with E-state index in [0.29, 0.717) is 24.7 Å². The van der Waals surface area contributed by atoms with E-state index in [-0.39, 0.29) is 6.04 Å². The van der Waals surface area contributed by atoms with E-state index in [4.69, 9.17) is 4.74 Å². The molecule has 2 aromatic rings. The molecule has 0 bridgehead atoms. The fourth-order valence-electron chi connectivity index (χ4n) is 2.82. The molecule has 0 spiro atoms. The van der Waals surface area contributed by atoms with E-state index >= 15 is 0 Å². The molecule has 21 heavy (non-hydrogen) atoms. The second-order valence-electron chi connectivity index (χ2n) is 5.23. The van der Waals surface area contributed by atoms with Crippen LogP contribution in [0.15, 0.2) is 47.4 Å². The number of hydrogen-bond donors (Lipinski definition) is 0. The summed E-state index contributed by atoms with van der Waals surface area (Å²) in [6.07, 6.45) is 0.754. The Kier molecular flexibility index (Phi) is 3.97. The van der Waals surface area contributed by atoms with Gasteiger partial charge in [-0.15, -0.1) is 0 Å². The van der Waals surface area contributed by atoms with Gasteiger partial charge < -0.3 is 4.74 Å². The zero-order chi connectivity index (χ0) is 14.9. The molecule has 0 aliphatic carbocycles. The predicted octanol–water partition coefficient (Wildman–Crippen LogP) is 2.64. The molecule has 2 aromatic carbocycles. The fourth-order valence-corrected chi connectivity index (χ4v) is 4.71. The van der Waals surface area contributed by atoms with Gasteiger partial charge in [0.2, 0.25) is 10.0 Å². The fraction of sp³-hybridized carbons (Fsp3) is 0.375. The number of fused-ring (bicyclic) bond motifs is 1. The van der Waals surface area contributed by atoms with Crippen molar-refractivity contribution in [3.05, 3.63) is 42.5 Å². The summed E-state index contributed by atoms with van der Waals surface area (Å²) in [5, 5.41) is 1.72. The van der Waals surface area contributed by atoms with Crippen LogP contribution in [0.5, 0.6) is 0 Å². The van der Waals surface area contributed by atoms with Crippen molar-refractivity contribution in [3.8, 4) is 0 Å². The van der Waals surface area contributed by atoms with Crippen molar-refractivity contribution in [3.63, 3.8) is 0 Å². The van der Waals surface area contributed by atoms with Crippen LogP contribution in [0.1, 0.15) is 13.3 Å². The second-order valence-corrected chi connectivity index (χ2v) is 7.09. The summed E-state index contributed by atoms with van der Waals surface area (Å²) < 4.78 is 33.1. The number of morpholine rings is 1.